The highest BCUT2D eigenvalue weighted by atomic mass is 32.2. The second kappa shape index (κ2) is 12.2. The standard InChI is InChI=1S/C25H29N5O6S2/c1-25(2,3)36-24(33)18(30-38(34,35)17-7-5-4-6-8-17)15-29-23(32)20-11-10-19(37-20)22(31)28-14-16-9-12-21(26)27-13-16/h4-13,18,30H,14-15H2,1-3H3,(H2,26,27)(H,28,31)(H,29,32). The van der Waals surface area contributed by atoms with Gasteiger partial charge in [-0.05, 0) is 56.7 Å². The summed E-state index contributed by atoms with van der Waals surface area (Å²) in [5.74, 6) is -1.44. The number of ether oxygens (including phenoxy) is 1. The zero-order valence-electron chi connectivity index (χ0n) is 21.1. The molecule has 0 saturated heterocycles. The topological polar surface area (TPSA) is 170 Å². The van der Waals surface area contributed by atoms with E-state index in [1.54, 1.807) is 57.3 Å². The molecule has 0 bridgehead atoms. The molecule has 0 fully saturated rings. The largest absolute Gasteiger partial charge is 0.459 e. The molecule has 0 spiro atoms. The highest BCUT2D eigenvalue weighted by Gasteiger charge is 2.30. The maximum absolute atomic E-state index is 12.8. The number of nitrogens with zero attached hydrogens (tertiary/aromatic N) is 1. The quantitative estimate of drug-likeness (QED) is 0.274. The maximum Gasteiger partial charge on any atom is 0.326 e. The SMILES string of the molecule is CC(C)(C)OC(=O)C(CNC(=O)c1ccc(C(=O)NCc2ccc(N)nc2)s1)NS(=O)(=O)c1ccccc1. The number of nitrogens with one attached hydrogen (secondary N) is 3. The monoisotopic (exact) mass is 559 g/mol. The van der Waals surface area contributed by atoms with E-state index in [1.807, 2.05) is 0 Å². The van der Waals surface area contributed by atoms with Gasteiger partial charge in [-0.3, -0.25) is 14.4 Å². The van der Waals surface area contributed by atoms with Gasteiger partial charge in [-0.25, -0.2) is 13.4 Å². The molecule has 0 aliphatic carbocycles. The Balaban J connectivity index is 1.65. The number of thiophene rings is 1. The molecule has 2 heterocycles. The van der Waals surface area contributed by atoms with Crippen LogP contribution in [0, 0.1) is 0 Å². The van der Waals surface area contributed by atoms with Gasteiger partial charge in [0.2, 0.25) is 10.0 Å². The fourth-order valence-corrected chi connectivity index (χ4v) is 5.12. The summed E-state index contributed by atoms with van der Waals surface area (Å²) in [7, 11) is -4.08. The van der Waals surface area contributed by atoms with Crippen molar-refractivity contribution in [2.24, 2.45) is 0 Å². The second-order valence-corrected chi connectivity index (χ2v) is 12.0. The van der Waals surface area contributed by atoms with Crippen molar-refractivity contribution in [2.45, 2.75) is 43.9 Å². The lowest BCUT2D eigenvalue weighted by Gasteiger charge is -2.24. The number of hydrogen-bond donors (Lipinski definition) is 4. The molecule has 38 heavy (non-hydrogen) atoms. The first kappa shape index (κ1) is 28.8. The zero-order chi connectivity index (χ0) is 27.9. The average Bonchev–Trinajstić information content (AvgIpc) is 3.36. The van der Waals surface area contributed by atoms with Crippen molar-refractivity contribution in [1.29, 1.82) is 0 Å². The number of esters is 1. The Morgan fingerprint density at radius 3 is 2.18 bits per heavy atom. The number of hydrogen-bond acceptors (Lipinski definition) is 9. The van der Waals surface area contributed by atoms with Gasteiger partial charge in [0, 0.05) is 19.3 Å². The van der Waals surface area contributed by atoms with Crippen molar-refractivity contribution in [3.63, 3.8) is 0 Å². The van der Waals surface area contributed by atoms with E-state index < -0.39 is 33.5 Å². The van der Waals surface area contributed by atoms with Crippen LogP contribution >= 0.6 is 11.3 Å². The van der Waals surface area contributed by atoms with Crippen LogP contribution < -0.4 is 21.1 Å². The van der Waals surface area contributed by atoms with Crippen LogP contribution in [0.3, 0.4) is 0 Å². The van der Waals surface area contributed by atoms with Crippen molar-refractivity contribution in [2.75, 3.05) is 12.3 Å². The number of aromatic nitrogens is 1. The predicted molar refractivity (Wildman–Crippen MR) is 143 cm³/mol. The van der Waals surface area contributed by atoms with Crippen LogP contribution in [-0.4, -0.2) is 49.4 Å². The first-order chi connectivity index (χ1) is 17.8. The van der Waals surface area contributed by atoms with Gasteiger partial charge in [0.05, 0.1) is 14.6 Å². The van der Waals surface area contributed by atoms with Crippen LogP contribution in [0.15, 0.2) is 65.7 Å². The minimum absolute atomic E-state index is 0.0384. The lowest BCUT2D eigenvalue weighted by atomic mass is 10.2. The molecule has 2 amide bonds. The van der Waals surface area contributed by atoms with Gasteiger partial charge in [-0.1, -0.05) is 24.3 Å². The summed E-state index contributed by atoms with van der Waals surface area (Å²) in [6, 6.07) is 12.5. The normalized spacial score (nSPS) is 12.4. The molecule has 1 aromatic carbocycles. The summed E-state index contributed by atoms with van der Waals surface area (Å²) in [5, 5.41) is 5.28. The molecule has 0 aliphatic rings. The summed E-state index contributed by atoms with van der Waals surface area (Å²) in [6.45, 7) is 4.80. The molecule has 3 rings (SSSR count). The minimum Gasteiger partial charge on any atom is -0.459 e. The van der Waals surface area contributed by atoms with Crippen molar-refractivity contribution in [3.8, 4) is 0 Å². The lowest BCUT2D eigenvalue weighted by molar-refractivity contribution is -0.156. The van der Waals surface area contributed by atoms with Gasteiger partial charge in [-0.15, -0.1) is 11.3 Å². The van der Waals surface area contributed by atoms with E-state index in [0.29, 0.717) is 10.7 Å². The summed E-state index contributed by atoms with van der Waals surface area (Å²) < 4.78 is 33.3. The molecule has 13 heteroatoms. The van der Waals surface area contributed by atoms with Crippen LogP contribution in [0.1, 0.15) is 45.7 Å². The highest BCUT2D eigenvalue weighted by Crippen LogP contribution is 2.17. The average molecular weight is 560 g/mol. The number of benzene rings is 1. The van der Waals surface area contributed by atoms with Crippen LogP contribution in [-0.2, 0) is 26.1 Å². The molecule has 2 aromatic heterocycles. The van der Waals surface area contributed by atoms with Crippen LogP contribution in [0.25, 0.3) is 0 Å². The van der Waals surface area contributed by atoms with Crippen molar-refractivity contribution in [1.82, 2.24) is 20.3 Å². The third kappa shape index (κ3) is 8.36. The van der Waals surface area contributed by atoms with E-state index in [4.69, 9.17) is 10.5 Å². The molecule has 5 N–H and O–H groups in total. The molecule has 0 radical (unpaired) electrons. The number of pyridine rings is 1. The van der Waals surface area contributed by atoms with Crippen LogP contribution in [0.4, 0.5) is 5.82 Å². The third-order valence-corrected chi connectivity index (χ3v) is 7.43. The predicted octanol–water partition coefficient (Wildman–Crippen LogP) is 2.07. The molecule has 1 unspecified atom stereocenters. The van der Waals surface area contributed by atoms with E-state index in [9.17, 15) is 22.8 Å². The number of sulfonamides is 1. The minimum atomic E-state index is -4.08. The molecule has 3 aromatic rings. The van der Waals surface area contributed by atoms with Gasteiger partial charge in [0.15, 0.2) is 0 Å². The summed E-state index contributed by atoms with van der Waals surface area (Å²) in [4.78, 5) is 42.4. The Labute approximate surface area is 224 Å². The van der Waals surface area contributed by atoms with E-state index in [0.717, 1.165) is 16.9 Å². The third-order valence-electron chi connectivity index (χ3n) is 4.86. The molecule has 202 valence electrons. The van der Waals surface area contributed by atoms with E-state index in [-0.39, 0.29) is 28.8 Å². The number of amides is 2. The highest BCUT2D eigenvalue weighted by molar-refractivity contribution is 7.89. The lowest BCUT2D eigenvalue weighted by Crippen LogP contribution is -2.50. The molecule has 1 atom stereocenters. The van der Waals surface area contributed by atoms with Crippen LogP contribution in [0.2, 0.25) is 0 Å². The van der Waals surface area contributed by atoms with Gasteiger partial charge in [0.1, 0.15) is 17.5 Å². The molecule has 11 nitrogen and oxygen atoms in total. The first-order valence-corrected chi connectivity index (χ1v) is 13.8. The van der Waals surface area contributed by atoms with Crippen LogP contribution in [0.5, 0.6) is 0 Å². The molecular formula is C25H29N5O6S2. The second-order valence-electron chi connectivity index (χ2n) is 9.17. The summed E-state index contributed by atoms with van der Waals surface area (Å²) in [5.41, 5.74) is 5.43. The maximum atomic E-state index is 12.8. The number of nitrogens with two attached hydrogens (primary N) is 1. The number of carbonyl (C=O) groups is 3. The molecule has 0 saturated carbocycles. The van der Waals surface area contributed by atoms with Crippen molar-refractivity contribution in [3.05, 3.63) is 76.1 Å². The first-order valence-electron chi connectivity index (χ1n) is 11.5. The summed E-state index contributed by atoms with van der Waals surface area (Å²) >= 11 is 0.952. The molecule has 0 aliphatic heterocycles. The van der Waals surface area contributed by atoms with Crippen molar-refractivity contribution < 1.29 is 27.5 Å². The number of anilines is 1. The van der Waals surface area contributed by atoms with Gasteiger partial charge in [-0.2, -0.15) is 4.72 Å². The number of rotatable bonds is 10. The Morgan fingerprint density at radius 1 is 0.974 bits per heavy atom. The Morgan fingerprint density at radius 2 is 1.61 bits per heavy atom. The Kier molecular flexibility index (Phi) is 9.20. The van der Waals surface area contributed by atoms with Gasteiger partial charge >= 0.3 is 5.97 Å². The number of nitrogen functional groups attached to an aromatic ring is 1. The molecular weight excluding hydrogens is 530 g/mol. The van der Waals surface area contributed by atoms with E-state index in [2.05, 4.69) is 20.3 Å². The fourth-order valence-electron chi connectivity index (χ4n) is 3.07. The summed E-state index contributed by atoms with van der Waals surface area (Å²) in [6.07, 6.45) is 1.55. The zero-order valence-corrected chi connectivity index (χ0v) is 22.7. The smallest absolute Gasteiger partial charge is 0.326 e. The van der Waals surface area contributed by atoms with Gasteiger partial charge in [0.25, 0.3) is 11.8 Å². The fraction of sp³-hybridized carbons (Fsp3) is 0.280. The number of carbonyl (C=O) groups excluding carboxylic acids is 3. The van der Waals surface area contributed by atoms with E-state index in [1.165, 1.54) is 24.3 Å². The van der Waals surface area contributed by atoms with Crippen molar-refractivity contribution >= 4 is 45.0 Å². The Hall–Kier alpha value is -3.81. The van der Waals surface area contributed by atoms with Gasteiger partial charge < -0.3 is 21.1 Å². The van der Waals surface area contributed by atoms with E-state index >= 15 is 0 Å². The Bertz CT molecular complexity index is 1380.